The topological polar surface area (TPSA) is 75.4 Å². The van der Waals surface area contributed by atoms with Gasteiger partial charge in [0.1, 0.15) is 0 Å². The van der Waals surface area contributed by atoms with Crippen molar-refractivity contribution in [2.24, 2.45) is 11.7 Å². The van der Waals surface area contributed by atoms with E-state index in [1.165, 1.54) is 0 Å². The molecule has 100 valence electrons. The summed E-state index contributed by atoms with van der Waals surface area (Å²) in [5.74, 6) is 2.01. The van der Waals surface area contributed by atoms with Gasteiger partial charge in [-0.2, -0.15) is 0 Å². The number of nitrogens with two attached hydrogens (primary N) is 1. The van der Waals surface area contributed by atoms with Crippen LogP contribution in [-0.4, -0.2) is 41.9 Å². The summed E-state index contributed by atoms with van der Waals surface area (Å²) in [6.07, 6.45) is 7.05. The van der Waals surface area contributed by atoms with Crippen LogP contribution in [0.5, 0.6) is 0 Å². The Hall–Kier alpha value is -1.54. The lowest BCUT2D eigenvalue weighted by atomic mass is 9.95. The quantitative estimate of drug-likeness (QED) is 0.674. The number of carbonyl (C=O) groups is 2. The van der Waals surface area contributed by atoms with Gasteiger partial charge < -0.3 is 11.1 Å². The van der Waals surface area contributed by atoms with Crippen LogP contribution in [0.1, 0.15) is 26.7 Å². The summed E-state index contributed by atoms with van der Waals surface area (Å²) >= 11 is 0. The Morgan fingerprint density at radius 3 is 2.78 bits per heavy atom. The summed E-state index contributed by atoms with van der Waals surface area (Å²) in [5, 5.41) is 2.83. The maximum Gasteiger partial charge on any atom is 0.231 e. The van der Waals surface area contributed by atoms with Gasteiger partial charge in [-0.15, -0.1) is 6.42 Å². The van der Waals surface area contributed by atoms with Crippen molar-refractivity contribution in [3.8, 4) is 12.3 Å². The summed E-state index contributed by atoms with van der Waals surface area (Å²) in [5.41, 5.74) is 4.52. The number of carbonyl (C=O) groups excluding carboxylic acids is 2. The van der Waals surface area contributed by atoms with E-state index in [4.69, 9.17) is 12.2 Å². The smallest absolute Gasteiger partial charge is 0.231 e. The average Bonchev–Trinajstić information content (AvgIpc) is 2.28. The Kier molecular flexibility index (Phi) is 4.74. The van der Waals surface area contributed by atoms with Crippen LogP contribution < -0.4 is 11.1 Å². The molecule has 1 fully saturated rings. The number of hydrogen-bond donors (Lipinski definition) is 2. The predicted octanol–water partition coefficient (Wildman–Crippen LogP) is -0.288. The third kappa shape index (κ3) is 4.38. The van der Waals surface area contributed by atoms with Gasteiger partial charge in [0.2, 0.25) is 11.8 Å². The van der Waals surface area contributed by atoms with Crippen molar-refractivity contribution in [1.29, 1.82) is 0 Å². The molecule has 0 aromatic rings. The van der Waals surface area contributed by atoms with Crippen LogP contribution >= 0.6 is 0 Å². The first-order valence-electron chi connectivity index (χ1n) is 6.14. The summed E-state index contributed by atoms with van der Waals surface area (Å²) in [7, 11) is 0. The lowest BCUT2D eigenvalue weighted by molar-refractivity contribution is -0.129. The second kappa shape index (κ2) is 5.87. The molecular formula is C13H21N3O2. The molecule has 0 aliphatic carbocycles. The summed E-state index contributed by atoms with van der Waals surface area (Å²) < 4.78 is 0. The second-order valence-electron chi connectivity index (χ2n) is 5.30. The molecule has 0 aromatic heterocycles. The van der Waals surface area contributed by atoms with Crippen molar-refractivity contribution in [3.05, 3.63) is 0 Å². The molecular weight excluding hydrogens is 230 g/mol. The molecule has 1 atom stereocenters. The van der Waals surface area contributed by atoms with Crippen LogP contribution in [0.4, 0.5) is 0 Å². The van der Waals surface area contributed by atoms with E-state index in [1.807, 2.05) is 4.90 Å². The van der Waals surface area contributed by atoms with Crippen LogP contribution in [0.2, 0.25) is 0 Å². The number of amides is 2. The number of nitrogens with zero attached hydrogens (tertiary/aromatic N) is 1. The first-order chi connectivity index (χ1) is 8.34. The van der Waals surface area contributed by atoms with E-state index >= 15 is 0 Å². The molecule has 3 N–H and O–H groups in total. The monoisotopic (exact) mass is 251 g/mol. The van der Waals surface area contributed by atoms with Crippen molar-refractivity contribution >= 4 is 11.8 Å². The third-order valence-electron chi connectivity index (χ3n) is 3.05. The first kappa shape index (κ1) is 14.5. The lowest BCUT2D eigenvalue weighted by Crippen LogP contribution is -2.50. The van der Waals surface area contributed by atoms with Crippen molar-refractivity contribution in [2.45, 2.75) is 32.2 Å². The van der Waals surface area contributed by atoms with E-state index in [0.29, 0.717) is 6.54 Å². The molecule has 0 spiro atoms. The zero-order valence-corrected chi connectivity index (χ0v) is 11.0. The van der Waals surface area contributed by atoms with Crippen LogP contribution in [0.25, 0.3) is 0 Å². The number of piperidine rings is 1. The van der Waals surface area contributed by atoms with E-state index in [-0.39, 0.29) is 24.3 Å². The SMILES string of the molecule is C#CC(C)(C)NC(=O)[C@H]1CCCN(CC(N)=O)C1. The molecule has 5 nitrogen and oxygen atoms in total. The van der Waals surface area contributed by atoms with Crippen molar-refractivity contribution in [3.63, 3.8) is 0 Å². The molecule has 1 aliphatic heterocycles. The minimum Gasteiger partial charge on any atom is -0.369 e. The van der Waals surface area contributed by atoms with E-state index in [9.17, 15) is 9.59 Å². The van der Waals surface area contributed by atoms with Gasteiger partial charge in [0.05, 0.1) is 18.0 Å². The van der Waals surface area contributed by atoms with Crippen LogP contribution in [0, 0.1) is 18.3 Å². The molecule has 18 heavy (non-hydrogen) atoms. The number of hydrogen-bond acceptors (Lipinski definition) is 3. The maximum atomic E-state index is 12.1. The Labute approximate surface area is 108 Å². The van der Waals surface area contributed by atoms with E-state index in [1.54, 1.807) is 13.8 Å². The Morgan fingerprint density at radius 1 is 1.56 bits per heavy atom. The van der Waals surface area contributed by atoms with Crippen LogP contribution in [0.15, 0.2) is 0 Å². The number of nitrogens with one attached hydrogen (secondary N) is 1. The van der Waals surface area contributed by atoms with Gasteiger partial charge in [0, 0.05) is 6.54 Å². The van der Waals surface area contributed by atoms with E-state index in [2.05, 4.69) is 11.2 Å². The fourth-order valence-corrected chi connectivity index (χ4v) is 2.08. The largest absolute Gasteiger partial charge is 0.369 e. The first-order valence-corrected chi connectivity index (χ1v) is 6.14. The van der Waals surface area contributed by atoms with Gasteiger partial charge in [-0.1, -0.05) is 5.92 Å². The number of rotatable bonds is 4. The van der Waals surface area contributed by atoms with Crippen LogP contribution in [-0.2, 0) is 9.59 Å². The second-order valence-corrected chi connectivity index (χ2v) is 5.30. The highest BCUT2D eigenvalue weighted by Crippen LogP contribution is 2.17. The van der Waals surface area contributed by atoms with Gasteiger partial charge in [0.15, 0.2) is 0 Å². The summed E-state index contributed by atoms with van der Waals surface area (Å²) in [4.78, 5) is 24.8. The molecule has 0 bridgehead atoms. The average molecular weight is 251 g/mol. The molecule has 1 rings (SSSR count). The third-order valence-corrected chi connectivity index (χ3v) is 3.05. The lowest BCUT2D eigenvalue weighted by Gasteiger charge is -2.32. The van der Waals surface area contributed by atoms with Gasteiger partial charge in [-0.05, 0) is 33.2 Å². The fourth-order valence-electron chi connectivity index (χ4n) is 2.08. The molecule has 1 saturated heterocycles. The molecule has 0 radical (unpaired) electrons. The fraction of sp³-hybridized carbons (Fsp3) is 0.692. The zero-order valence-electron chi connectivity index (χ0n) is 11.0. The number of terminal acetylenes is 1. The standard InChI is InChI=1S/C13H21N3O2/c1-4-13(2,3)15-12(18)10-6-5-7-16(8-10)9-11(14)17/h1,10H,5-9H2,2-3H3,(H2,14,17)(H,15,18)/t10-/m0/s1. The zero-order chi connectivity index (χ0) is 13.8. The highest BCUT2D eigenvalue weighted by Gasteiger charge is 2.29. The Morgan fingerprint density at radius 2 is 2.22 bits per heavy atom. The maximum absolute atomic E-state index is 12.1. The highest BCUT2D eigenvalue weighted by molar-refractivity contribution is 5.80. The van der Waals surface area contributed by atoms with Crippen molar-refractivity contribution in [1.82, 2.24) is 10.2 Å². The molecule has 0 aromatic carbocycles. The Bertz CT molecular complexity index is 371. The molecule has 2 amide bonds. The number of primary amides is 1. The molecule has 0 saturated carbocycles. The normalized spacial score (nSPS) is 21.1. The van der Waals surface area contributed by atoms with Gasteiger partial charge in [-0.3, -0.25) is 14.5 Å². The molecule has 1 heterocycles. The molecule has 1 aliphatic rings. The van der Waals surface area contributed by atoms with Crippen molar-refractivity contribution in [2.75, 3.05) is 19.6 Å². The number of likely N-dealkylation sites (tertiary alicyclic amines) is 1. The minimum absolute atomic E-state index is 0.0490. The molecule has 0 unspecified atom stereocenters. The van der Waals surface area contributed by atoms with E-state index in [0.717, 1.165) is 19.4 Å². The summed E-state index contributed by atoms with van der Waals surface area (Å²) in [6, 6.07) is 0. The summed E-state index contributed by atoms with van der Waals surface area (Å²) in [6.45, 7) is 5.16. The van der Waals surface area contributed by atoms with Crippen LogP contribution in [0.3, 0.4) is 0 Å². The van der Waals surface area contributed by atoms with Gasteiger partial charge in [-0.25, -0.2) is 0 Å². The van der Waals surface area contributed by atoms with E-state index < -0.39 is 5.54 Å². The molecule has 5 heteroatoms. The van der Waals surface area contributed by atoms with Gasteiger partial charge in [0.25, 0.3) is 0 Å². The van der Waals surface area contributed by atoms with Gasteiger partial charge >= 0.3 is 0 Å². The van der Waals surface area contributed by atoms with Crippen molar-refractivity contribution < 1.29 is 9.59 Å². The highest BCUT2D eigenvalue weighted by atomic mass is 16.2. The Balaban J connectivity index is 2.54. The predicted molar refractivity (Wildman–Crippen MR) is 69.4 cm³/mol. The minimum atomic E-state index is -0.636.